The summed E-state index contributed by atoms with van der Waals surface area (Å²) in [4.78, 5) is 12.0. The molecule has 1 amide bonds. The van der Waals surface area contributed by atoms with Gasteiger partial charge in [-0.2, -0.15) is 0 Å². The van der Waals surface area contributed by atoms with Crippen molar-refractivity contribution in [1.29, 1.82) is 0 Å². The molecule has 0 radical (unpaired) electrons. The van der Waals surface area contributed by atoms with Gasteiger partial charge in [-0.1, -0.05) is 30.3 Å². The summed E-state index contributed by atoms with van der Waals surface area (Å²) < 4.78 is 18.8. The van der Waals surface area contributed by atoms with Gasteiger partial charge in [-0.05, 0) is 23.2 Å². The van der Waals surface area contributed by atoms with Crippen LogP contribution in [-0.2, 0) is 6.54 Å². The topological polar surface area (TPSA) is 78.8 Å². The number of halogens is 1. The fourth-order valence-corrected chi connectivity index (χ4v) is 1.93. The van der Waals surface area contributed by atoms with Crippen LogP contribution in [0.4, 0.5) is 4.39 Å². The molecule has 0 aliphatic rings. The zero-order valence-electron chi connectivity index (χ0n) is 11.9. The fourth-order valence-electron chi connectivity index (χ4n) is 1.93. The molecule has 7 heteroatoms. The van der Waals surface area contributed by atoms with Gasteiger partial charge in [-0.15, -0.1) is 0 Å². The van der Waals surface area contributed by atoms with Crippen molar-refractivity contribution >= 4 is 18.5 Å². The van der Waals surface area contributed by atoms with E-state index in [1.54, 1.807) is 12.1 Å². The Morgan fingerprint density at radius 1 is 1.23 bits per heavy atom. The van der Waals surface area contributed by atoms with Crippen molar-refractivity contribution in [3.63, 3.8) is 0 Å². The highest BCUT2D eigenvalue weighted by Crippen LogP contribution is 2.19. The highest BCUT2D eigenvalue weighted by atomic mass is 19.1. The van der Waals surface area contributed by atoms with E-state index in [-0.39, 0.29) is 17.9 Å². The second kappa shape index (κ2) is 7.06. The molecule has 0 aliphatic heterocycles. The first-order valence-corrected chi connectivity index (χ1v) is 6.58. The highest BCUT2D eigenvalue weighted by molar-refractivity contribution is 6.58. The zero-order chi connectivity index (χ0) is 16.1. The van der Waals surface area contributed by atoms with Crippen LogP contribution in [0.5, 0.6) is 5.75 Å². The van der Waals surface area contributed by atoms with E-state index in [2.05, 4.69) is 5.32 Å². The molecule has 0 aromatic heterocycles. The second-order valence-corrected chi connectivity index (χ2v) is 4.62. The average molecular weight is 303 g/mol. The number of carbonyl (C=O) groups excluding carboxylic acids is 1. The lowest BCUT2D eigenvalue weighted by Crippen LogP contribution is -2.30. The Kier molecular flexibility index (Phi) is 5.14. The summed E-state index contributed by atoms with van der Waals surface area (Å²) in [5.74, 6) is -1.25. The van der Waals surface area contributed by atoms with E-state index in [1.165, 1.54) is 37.4 Å². The molecule has 2 aromatic rings. The maximum Gasteiger partial charge on any atom is 0.488 e. The molecular weight excluding hydrogens is 288 g/mol. The SMILES string of the molecule is COc1cccc(C(=O)NCc2ccc(B(O)O)cc2)c1F. The number of rotatable bonds is 5. The maximum atomic E-state index is 13.9. The third-order valence-corrected chi connectivity index (χ3v) is 3.16. The zero-order valence-corrected chi connectivity index (χ0v) is 11.9. The quantitative estimate of drug-likeness (QED) is 0.701. The molecule has 114 valence electrons. The van der Waals surface area contributed by atoms with Crippen molar-refractivity contribution < 1.29 is 24.0 Å². The molecule has 3 N–H and O–H groups in total. The Labute approximate surface area is 127 Å². The minimum atomic E-state index is -1.53. The number of ether oxygens (including phenoxy) is 1. The summed E-state index contributed by atoms with van der Waals surface area (Å²) in [6, 6.07) is 10.7. The van der Waals surface area contributed by atoms with E-state index < -0.39 is 18.8 Å². The number of methoxy groups -OCH3 is 1. The van der Waals surface area contributed by atoms with Crippen molar-refractivity contribution in [2.24, 2.45) is 0 Å². The second-order valence-electron chi connectivity index (χ2n) is 4.62. The summed E-state index contributed by atoms with van der Waals surface area (Å²) in [6.45, 7) is 0.192. The van der Waals surface area contributed by atoms with Crippen LogP contribution in [0.15, 0.2) is 42.5 Å². The van der Waals surface area contributed by atoms with Gasteiger partial charge in [-0.25, -0.2) is 4.39 Å². The lowest BCUT2D eigenvalue weighted by molar-refractivity contribution is 0.0946. The van der Waals surface area contributed by atoms with Crippen LogP contribution in [0.2, 0.25) is 0 Å². The molecule has 0 heterocycles. The molecular formula is C15H15BFNO4. The molecule has 0 saturated carbocycles. The van der Waals surface area contributed by atoms with Gasteiger partial charge in [0, 0.05) is 6.54 Å². The van der Waals surface area contributed by atoms with Crippen molar-refractivity contribution in [3.05, 3.63) is 59.4 Å². The van der Waals surface area contributed by atoms with Crippen LogP contribution in [0, 0.1) is 5.82 Å². The van der Waals surface area contributed by atoms with E-state index in [0.717, 1.165) is 5.56 Å². The lowest BCUT2D eigenvalue weighted by atomic mass is 9.80. The minimum absolute atomic E-state index is 0.00827. The normalized spacial score (nSPS) is 10.2. The number of nitrogens with one attached hydrogen (secondary N) is 1. The third kappa shape index (κ3) is 3.63. The van der Waals surface area contributed by atoms with E-state index >= 15 is 0 Å². The number of hydrogen-bond donors (Lipinski definition) is 3. The Hall–Kier alpha value is -2.38. The first kappa shape index (κ1) is 16.0. The summed E-state index contributed by atoms with van der Waals surface area (Å²) in [5, 5.41) is 20.6. The summed E-state index contributed by atoms with van der Waals surface area (Å²) in [7, 11) is -0.202. The molecule has 22 heavy (non-hydrogen) atoms. The number of carbonyl (C=O) groups is 1. The summed E-state index contributed by atoms with van der Waals surface area (Å²) in [6.07, 6.45) is 0. The molecule has 0 fully saturated rings. The Bertz CT molecular complexity index is 661. The van der Waals surface area contributed by atoms with Gasteiger partial charge >= 0.3 is 7.12 Å². The molecule has 0 aliphatic carbocycles. The van der Waals surface area contributed by atoms with Gasteiger partial charge in [0.25, 0.3) is 5.91 Å². The molecule has 0 spiro atoms. The van der Waals surface area contributed by atoms with Crippen LogP contribution < -0.4 is 15.5 Å². The van der Waals surface area contributed by atoms with Crippen LogP contribution in [0.1, 0.15) is 15.9 Å². The molecule has 2 aromatic carbocycles. The molecule has 0 unspecified atom stereocenters. The van der Waals surface area contributed by atoms with Gasteiger partial charge in [0.2, 0.25) is 0 Å². The molecule has 2 rings (SSSR count). The predicted molar refractivity (Wildman–Crippen MR) is 80.4 cm³/mol. The lowest BCUT2D eigenvalue weighted by Gasteiger charge is -2.09. The van der Waals surface area contributed by atoms with Crippen LogP contribution in [0.3, 0.4) is 0 Å². The minimum Gasteiger partial charge on any atom is -0.494 e. The molecule has 0 saturated heterocycles. The number of benzene rings is 2. The van der Waals surface area contributed by atoms with Gasteiger partial charge in [0.1, 0.15) is 0 Å². The van der Waals surface area contributed by atoms with Crippen molar-refractivity contribution in [1.82, 2.24) is 5.32 Å². The number of hydrogen-bond acceptors (Lipinski definition) is 4. The van der Waals surface area contributed by atoms with Crippen LogP contribution in [-0.4, -0.2) is 30.2 Å². The largest absolute Gasteiger partial charge is 0.494 e. The van der Waals surface area contributed by atoms with E-state index in [4.69, 9.17) is 14.8 Å². The average Bonchev–Trinajstić information content (AvgIpc) is 2.53. The number of amides is 1. The molecule has 0 atom stereocenters. The monoisotopic (exact) mass is 303 g/mol. The summed E-state index contributed by atoms with van der Waals surface area (Å²) >= 11 is 0. The Morgan fingerprint density at radius 3 is 2.50 bits per heavy atom. The third-order valence-electron chi connectivity index (χ3n) is 3.16. The fraction of sp³-hybridized carbons (Fsp3) is 0.133. The smallest absolute Gasteiger partial charge is 0.488 e. The van der Waals surface area contributed by atoms with Crippen molar-refractivity contribution in [2.75, 3.05) is 7.11 Å². The van der Waals surface area contributed by atoms with E-state index in [9.17, 15) is 9.18 Å². The van der Waals surface area contributed by atoms with Crippen LogP contribution >= 0.6 is 0 Å². The Morgan fingerprint density at radius 2 is 1.91 bits per heavy atom. The molecule has 0 bridgehead atoms. The van der Waals surface area contributed by atoms with Crippen molar-refractivity contribution in [2.45, 2.75) is 6.54 Å². The van der Waals surface area contributed by atoms with E-state index in [0.29, 0.717) is 5.46 Å². The van der Waals surface area contributed by atoms with Crippen LogP contribution in [0.25, 0.3) is 0 Å². The first-order chi connectivity index (χ1) is 10.5. The van der Waals surface area contributed by atoms with Gasteiger partial charge in [0.05, 0.1) is 12.7 Å². The van der Waals surface area contributed by atoms with Crippen molar-refractivity contribution in [3.8, 4) is 5.75 Å². The highest BCUT2D eigenvalue weighted by Gasteiger charge is 2.15. The predicted octanol–water partition coefficient (Wildman–Crippen LogP) is 0.444. The van der Waals surface area contributed by atoms with E-state index in [1.807, 2.05) is 0 Å². The van der Waals surface area contributed by atoms with Gasteiger partial charge in [0.15, 0.2) is 11.6 Å². The maximum absolute atomic E-state index is 13.9. The Balaban J connectivity index is 2.04. The van der Waals surface area contributed by atoms with Gasteiger partial charge < -0.3 is 20.1 Å². The van der Waals surface area contributed by atoms with Gasteiger partial charge in [-0.3, -0.25) is 4.79 Å². The summed E-state index contributed by atoms with van der Waals surface area (Å²) in [5.41, 5.74) is 1.01. The standard InChI is InChI=1S/C15H15BFNO4/c1-22-13-4-2-3-12(14(13)17)15(19)18-9-10-5-7-11(8-6-10)16(20)21/h2-8,20-21H,9H2,1H3,(H,18,19). The molecule has 5 nitrogen and oxygen atoms in total. The first-order valence-electron chi connectivity index (χ1n) is 6.58.